The van der Waals surface area contributed by atoms with Crippen molar-refractivity contribution in [3.8, 4) is 11.5 Å². The minimum Gasteiger partial charge on any atom is -0.493 e. The number of carbonyl (C=O) groups excluding carboxylic acids is 1. The van der Waals surface area contributed by atoms with Gasteiger partial charge < -0.3 is 19.4 Å². The van der Waals surface area contributed by atoms with E-state index >= 15 is 0 Å². The lowest BCUT2D eigenvalue weighted by molar-refractivity contribution is -0.0515. The summed E-state index contributed by atoms with van der Waals surface area (Å²) < 4.78 is 36.5. The van der Waals surface area contributed by atoms with E-state index in [2.05, 4.69) is 10.1 Å². The van der Waals surface area contributed by atoms with E-state index in [4.69, 9.17) is 4.74 Å². The smallest absolute Gasteiger partial charge is 0.387 e. The van der Waals surface area contributed by atoms with Crippen LogP contribution in [-0.4, -0.2) is 24.2 Å². The number of hydrogen-bond donors (Lipinski definition) is 1. The Kier molecular flexibility index (Phi) is 6.79. The first-order valence-electron chi connectivity index (χ1n) is 9.11. The van der Waals surface area contributed by atoms with Crippen molar-refractivity contribution in [1.29, 1.82) is 0 Å². The number of hydrogen-bond acceptors (Lipinski definition) is 4. The number of carbonyl (C=O) groups is 1. The lowest BCUT2D eigenvalue weighted by atomic mass is 10.1. The van der Waals surface area contributed by atoms with E-state index in [0.717, 1.165) is 11.1 Å². The molecule has 0 radical (unpaired) electrons. The maximum atomic E-state index is 12.7. The Morgan fingerprint density at radius 1 is 1.03 bits per heavy atom. The highest BCUT2D eigenvalue weighted by molar-refractivity contribution is 5.97. The van der Waals surface area contributed by atoms with Gasteiger partial charge in [0.05, 0.1) is 19.2 Å². The molecule has 0 aliphatic rings. The molecule has 0 aliphatic heterocycles. The maximum Gasteiger partial charge on any atom is 0.387 e. The van der Waals surface area contributed by atoms with Gasteiger partial charge >= 0.3 is 6.61 Å². The minimum absolute atomic E-state index is 0.0449. The maximum absolute atomic E-state index is 12.7. The number of benzene rings is 2. The number of nitrogens with one attached hydrogen (secondary N) is 1. The summed E-state index contributed by atoms with van der Waals surface area (Å²) >= 11 is 0. The lowest BCUT2D eigenvalue weighted by Gasteiger charge is -2.14. The molecule has 3 aromatic rings. The van der Waals surface area contributed by atoms with Crippen LogP contribution in [0.4, 0.5) is 8.78 Å². The van der Waals surface area contributed by atoms with E-state index in [0.29, 0.717) is 6.54 Å². The third kappa shape index (κ3) is 5.22. The predicted molar refractivity (Wildman–Crippen MR) is 107 cm³/mol. The van der Waals surface area contributed by atoms with Gasteiger partial charge in [-0.1, -0.05) is 36.4 Å². The van der Waals surface area contributed by atoms with Gasteiger partial charge in [0.2, 0.25) is 0 Å². The van der Waals surface area contributed by atoms with Gasteiger partial charge in [0.15, 0.2) is 11.5 Å². The van der Waals surface area contributed by atoms with Crippen molar-refractivity contribution < 1.29 is 23.0 Å². The topological polar surface area (TPSA) is 69.6 Å². The molecule has 2 aromatic carbocycles. The molecule has 0 fully saturated rings. The van der Waals surface area contributed by atoms with Crippen molar-refractivity contribution in [3.63, 3.8) is 0 Å². The Bertz CT molecular complexity index is 1070. The quantitative estimate of drug-likeness (QED) is 0.613. The summed E-state index contributed by atoms with van der Waals surface area (Å²) in [6.07, 6.45) is 1.71. The van der Waals surface area contributed by atoms with E-state index in [1.165, 1.54) is 31.4 Å². The fourth-order valence-corrected chi connectivity index (χ4v) is 2.89. The first-order valence-corrected chi connectivity index (χ1v) is 9.11. The van der Waals surface area contributed by atoms with E-state index in [1.54, 1.807) is 22.9 Å². The van der Waals surface area contributed by atoms with Crippen LogP contribution >= 0.6 is 0 Å². The van der Waals surface area contributed by atoms with E-state index in [9.17, 15) is 18.4 Å². The lowest BCUT2D eigenvalue weighted by Crippen LogP contribution is -2.24. The molecule has 8 heteroatoms. The number of para-hydroxylation sites is 1. The van der Waals surface area contributed by atoms with Crippen molar-refractivity contribution >= 4 is 5.91 Å². The Labute approximate surface area is 171 Å². The molecule has 3 rings (SSSR count). The summed E-state index contributed by atoms with van der Waals surface area (Å²) in [6.45, 7) is -2.46. The first-order chi connectivity index (χ1) is 14.5. The molecule has 0 aliphatic carbocycles. The van der Waals surface area contributed by atoms with Gasteiger partial charge in [-0.3, -0.25) is 9.59 Å². The van der Waals surface area contributed by atoms with Crippen LogP contribution in [0.5, 0.6) is 11.5 Å². The zero-order chi connectivity index (χ0) is 21.5. The van der Waals surface area contributed by atoms with Gasteiger partial charge in [-0.2, -0.15) is 8.78 Å². The second-order valence-electron chi connectivity index (χ2n) is 6.38. The normalized spacial score (nSPS) is 10.7. The van der Waals surface area contributed by atoms with Gasteiger partial charge in [0.25, 0.3) is 11.5 Å². The zero-order valence-corrected chi connectivity index (χ0v) is 16.2. The van der Waals surface area contributed by atoms with Crippen molar-refractivity contribution in [1.82, 2.24) is 9.88 Å². The van der Waals surface area contributed by atoms with Gasteiger partial charge in [-0.05, 0) is 29.3 Å². The van der Waals surface area contributed by atoms with Crippen LogP contribution in [0.3, 0.4) is 0 Å². The highest BCUT2D eigenvalue weighted by Crippen LogP contribution is 2.32. The summed E-state index contributed by atoms with van der Waals surface area (Å²) in [5.74, 6) is -0.830. The highest BCUT2D eigenvalue weighted by Gasteiger charge is 2.20. The third-order valence-corrected chi connectivity index (χ3v) is 4.38. The highest BCUT2D eigenvalue weighted by atomic mass is 19.3. The second kappa shape index (κ2) is 9.69. The van der Waals surface area contributed by atoms with Crippen molar-refractivity contribution in [2.75, 3.05) is 7.11 Å². The monoisotopic (exact) mass is 414 g/mol. The summed E-state index contributed by atoms with van der Waals surface area (Å²) in [4.78, 5) is 24.3. The van der Waals surface area contributed by atoms with Crippen LogP contribution in [0.2, 0.25) is 0 Å². The summed E-state index contributed by atoms with van der Waals surface area (Å²) in [5, 5.41) is 2.68. The fraction of sp³-hybridized carbons (Fsp3) is 0.182. The fourth-order valence-electron chi connectivity index (χ4n) is 2.89. The van der Waals surface area contributed by atoms with Crippen molar-refractivity contribution in [2.45, 2.75) is 19.7 Å². The van der Waals surface area contributed by atoms with Crippen molar-refractivity contribution in [3.05, 3.63) is 93.9 Å². The molecule has 0 saturated heterocycles. The number of rotatable bonds is 8. The molecule has 0 atom stereocenters. The Balaban J connectivity index is 1.67. The largest absolute Gasteiger partial charge is 0.493 e. The summed E-state index contributed by atoms with van der Waals surface area (Å²) in [5.41, 5.74) is 1.61. The first kappa shape index (κ1) is 21.0. The van der Waals surface area contributed by atoms with Crippen LogP contribution < -0.4 is 20.3 Å². The number of ether oxygens (including phenoxy) is 2. The molecule has 0 spiro atoms. The molecule has 0 saturated carbocycles. The molecular formula is C22H20F2N2O4. The van der Waals surface area contributed by atoms with Crippen LogP contribution in [-0.2, 0) is 13.1 Å². The Morgan fingerprint density at radius 3 is 2.43 bits per heavy atom. The Hall–Kier alpha value is -3.68. The number of aromatic nitrogens is 1. The molecule has 1 N–H and O–H groups in total. The predicted octanol–water partition coefficient (Wildman–Crippen LogP) is 3.44. The molecule has 1 heterocycles. The van der Waals surface area contributed by atoms with E-state index in [1.807, 2.05) is 24.3 Å². The number of nitrogens with zero attached hydrogens (tertiary/aromatic N) is 1. The van der Waals surface area contributed by atoms with Crippen molar-refractivity contribution in [2.24, 2.45) is 0 Å². The SMILES string of the molecule is COc1cccc(C(=O)NCc2ccc(Cn3ccccc3=O)cc2)c1OC(F)F. The molecule has 30 heavy (non-hydrogen) atoms. The summed E-state index contributed by atoms with van der Waals surface area (Å²) in [6, 6.07) is 16.7. The minimum atomic E-state index is -3.09. The molecular weight excluding hydrogens is 394 g/mol. The molecule has 156 valence electrons. The molecule has 0 unspecified atom stereocenters. The molecule has 0 bridgehead atoms. The van der Waals surface area contributed by atoms with Gasteiger partial charge in [-0.25, -0.2) is 0 Å². The van der Waals surface area contributed by atoms with Gasteiger partial charge in [0, 0.05) is 18.8 Å². The third-order valence-electron chi connectivity index (χ3n) is 4.38. The van der Waals surface area contributed by atoms with Crippen LogP contribution in [0.25, 0.3) is 0 Å². The number of alkyl halides is 2. The number of pyridine rings is 1. The number of halogens is 2. The molecule has 6 nitrogen and oxygen atoms in total. The van der Waals surface area contributed by atoms with E-state index < -0.39 is 12.5 Å². The van der Waals surface area contributed by atoms with Crippen LogP contribution in [0.15, 0.2) is 71.7 Å². The average molecular weight is 414 g/mol. The second-order valence-corrected chi connectivity index (χ2v) is 6.38. The van der Waals surface area contributed by atoms with Crippen LogP contribution in [0, 0.1) is 0 Å². The Morgan fingerprint density at radius 2 is 1.77 bits per heavy atom. The van der Waals surface area contributed by atoms with Gasteiger partial charge in [-0.15, -0.1) is 0 Å². The van der Waals surface area contributed by atoms with Crippen LogP contribution in [0.1, 0.15) is 21.5 Å². The number of methoxy groups -OCH3 is 1. The van der Waals surface area contributed by atoms with Gasteiger partial charge in [0.1, 0.15) is 0 Å². The average Bonchev–Trinajstić information content (AvgIpc) is 2.74. The zero-order valence-electron chi connectivity index (χ0n) is 16.2. The molecule has 1 amide bonds. The standard InChI is InChI=1S/C22H20F2N2O4/c1-29-18-6-4-5-17(20(18)30-22(23)24)21(28)25-13-15-8-10-16(11-9-15)14-26-12-3-2-7-19(26)27/h2-12,22H,13-14H2,1H3,(H,25,28). The summed E-state index contributed by atoms with van der Waals surface area (Å²) in [7, 11) is 1.31. The number of amides is 1. The van der Waals surface area contributed by atoms with E-state index in [-0.39, 0.29) is 29.2 Å². The molecule has 1 aromatic heterocycles.